The molecule has 0 bridgehead atoms. The summed E-state index contributed by atoms with van der Waals surface area (Å²) in [6, 6.07) is 15.6. The molecule has 2 aromatic rings. The van der Waals surface area contributed by atoms with Gasteiger partial charge in [0.25, 0.3) is 0 Å². The molecule has 3 rings (SSSR count). The number of rotatable bonds is 4. The minimum Gasteiger partial charge on any atom is -0.439 e. The number of halogens is 2. The molecule has 0 saturated carbocycles. The molecule has 1 unspecified atom stereocenters. The van der Waals surface area contributed by atoms with Crippen molar-refractivity contribution in [3.8, 4) is 0 Å². The summed E-state index contributed by atoms with van der Waals surface area (Å²) in [6.45, 7) is 1.12. The number of nitrogens with zero attached hydrogens (tertiary/aromatic N) is 1. The van der Waals surface area contributed by atoms with Gasteiger partial charge in [0.2, 0.25) is 0 Å². The Bertz CT molecular complexity index is 657. The van der Waals surface area contributed by atoms with Crippen molar-refractivity contribution in [1.82, 2.24) is 4.90 Å². The van der Waals surface area contributed by atoms with Crippen LogP contribution in [-0.4, -0.2) is 17.5 Å². The summed E-state index contributed by atoms with van der Waals surface area (Å²) < 4.78 is 5.45. The summed E-state index contributed by atoms with van der Waals surface area (Å²) >= 11 is 9.31. The van der Waals surface area contributed by atoms with Gasteiger partial charge in [0, 0.05) is 16.9 Å². The van der Waals surface area contributed by atoms with E-state index in [0.29, 0.717) is 18.1 Å². The van der Waals surface area contributed by atoms with E-state index in [0.717, 1.165) is 16.5 Å². The lowest BCUT2D eigenvalue weighted by molar-refractivity contribution is 0.132. The first-order valence-electron chi connectivity index (χ1n) is 7.00. The molecule has 0 aliphatic carbocycles. The first-order chi connectivity index (χ1) is 10.7. The molecule has 0 N–H and O–H groups in total. The molecule has 2 aromatic carbocycles. The van der Waals surface area contributed by atoms with Gasteiger partial charge in [0.05, 0.1) is 6.54 Å². The largest absolute Gasteiger partial charge is 0.439 e. The topological polar surface area (TPSA) is 29.5 Å². The van der Waals surface area contributed by atoms with Gasteiger partial charge in [-0.3, -0.25) is 4.90 Å². The Balaban J connectivity index is 1.67. The van der Waals surface area contributed by atoms with E-state index in [1.54, 1.807) is 4.90 Å². The van der Waals surface area contributed by atoms with Crippen molar-refractivity contribution in [2.24, 2.45) is 0 Å². The fraction of sp³-hybridized carbons (Fsp3) is 0.235. The Hall–Kier alpha value is -1.52. The number of ether oxygens (including phenoxy) is 1. The molecule has 1 saturated heterocycles. The molecule has 114 valence electrons. The fourth-order valence-electron chi connectivity index (χ4n) is 2.44. The third-order valence-electron chi connectivity index (χ3n) is 3.68. The van der Waals surface area contributed by atoms with Crippen LogP contribution in [0.25, 0.3) is 0 Å². The van der Waals surface area contributed by atoms with Crippen molar-refractivity contribution in [2.45, 2.75) is 18.0 Å². The zero-order valence-corrected chi connectivity index (χ0v) is 14.2. The Morgan fingerprint density at radius 1 is 1.09 bits per heavy atom. The smallest absolute Gasteiger partial charge is 0.410 e. The summed E-state index contributed by atoms with van der Waals surface area (Å²) in [5.41, 5.74) is 3.28. The monoisotopic (exact) mass is 379 g/mol. The lowest BCUT2D eigenvalue weighted by atomic mass is 10.1. The van der Waals surface area contributed by atoms with E-state index < -0.39 is 0 Å². The summed E-state index contributed by atoms with van der Waals surface area (Å²) in [5, 5.41) is 1.51. The van der Waals surface area contributed by atoms with Crippen LogP contribution in [0.3, 0.4) is 0 Å². The van der Waals surface area contributed by atoms with Gasteiger partial charge in [-0.15, -0.1) is 0 Å². The van der Waals surface area contributed by atoms with Crippen LogP contribution in [-0.2, 0) is 16.6 Å². The molecule has 0 aromatic heterocycles. The van der Waals surface area contributed by atoms with Crippen LogP contribution < -0.4 is 0 Å². The molecule has 0 spiro atoms. The second-order valence-electron chi connectivity index (χ2n) is 5.25. The number of benzene rings is 2. The van der Waals surface area contributed by atoms with E-state index in [-0.39, 0.29) is 12.2 Å². The van der Waals surface area contributed by atoms with Gasteiger partial charge in [-0.2, -0.15) is 0 Å². The maximum absolute atomic E-state index is 12.0. The van der Waals surface area contributed by atoms with Crippen molar-refractivity contribution in [3.05, 3.63) is 70.2 Å². The van der Waals surface area contributed by atoms with Gasteiger partial charge < -0.3 is 4.74 Å². The number of amides is 1. The maximum Gasteiger partial charge on any atom is 0.410 e. The van der Waals surface area contributed by atoms with Crippen LogP contribution >= 0.6 is 27.5 Å². The molecule has 1 aliphatic rings. The zero-order valence-electron chi connectivity index (χ0n) is 11.8. The third-order valence-corrected chi connectivity index (χ3v) is 4.58. The summed E-state index contributed by atoms with van der Waals surface area (Å²) in [6.07, 6.45) is -0.504. The molecule has 5 heteroatoms. The molecule has 1 fully saturated rings. The lowest BCUT2D eigenvalue weighted by Crippen LogP contribution is -2.23. The Labute approximate surface area is 143 Å². The fourth-order valence-corrected chi connectivity index (χ4v) is 2.94. The van der Waals surface area contributed by atoms with E-state index in [2.05, 4.69) is 28.1 Å². The van der Waals surface area contributed by atoms with E-state index >= 15 is 0 Å². The SMILES string of the molecule is O=C1OC(c2ccc(Cl)cc2)CN1Cc1ccc(CBr)cc1. The van der Waals surface area contributed by atoms with E-state index in [4.69, 9.17) is 16.3 Å². The minimum absolute atomic E-state index is 0.230. The number of hydrogen-bond acceptors (Lipinski definition) is 2. The molecular weight excluding hydrogens is 366 g/mol. The summed E-state index contributed by atoms with van der Waals surface area (Å²) in [5.74, 6) is 0. The van der Waals surface area contributed by atoms with Crippen LogP contribution in [0.1, 0.15) is 22.8 Å². The summed E-state index contributed by atoms with van der Waals surface area (Å²) in [7, 11) is 0. The third kappa shape index (κ3) is 3.45. The second kappa shape index (κ2) is 6.71. The summed E-state index contributed by atoms with van der Waals surface area (Å²) in [4.78, 5) is 13.7. The van der Waals surface area contributed by atoms with Crippen molar-refractivity contribution in [3.63, 3.8) is 0 Å². The van der Waals surface area contributed by atoms with Crippen LogP contribution in [0, 0.1) is 0 Å². The van der Waals surface area contributed by atoms with Crippen LogP contribution in [0.4, 0.5) is 4.79 Å². The normalized spacial score (nSPS) is 17.6. The number of carbonyl (C=O) groups excluding carboxylic acids is 1. The van der Waals surface area contributed by atoms with Gasteiger partial charge in [0.1, 0.15) is 6.10 Å². The highest BCUT2D eigenvalue weighted by Gasteiger charge is 2.32. The first kappa shape index (κ1) is 15.4. The molecule has 3 nitrogen and oxygen atoms in total. The van der Waals surface area contributed by atoms with E-state index in [9.17, 15) is 4.79 Å². The average molecular weight is 381 g/mol. The molecule has 22 heavy (non-hydrogen) atoms. The van der Waals surface area contributed by atoms with E-state index in [1.165, 1.54) is 5.56 Å². The quantitative estimate of drug-likeness (QED) is 0.704. The standard InChI is InChI=1S/C17H15BrClNO2/c18-9-12-1-3-13(4-2-12)10-20-11-16(22-17(20)21)14-5-7-15(19)8-6-14/h1-8,16H,9-11H2. The van der Waals surface area contributed by atoms with Crippen molar-refractivity contribution >= 4 is 33.6 Å². The molecule has 0 radical (unpaired) electrons. The second-order valence-corrected chi connectivity index (χ2v) is 6.25. The average Bonchev–Trinajstić information content (AvgIpc) is 2.90. The van der Waals surface area contributed by atoms with Gasteiger partial charge in [0.15, 0.2) is 0 Å². The molecule has 1 atom stereocenters. The zero-order chi connectivity index (χ0) is 15.5. The van der Waals surface area contributed by atoms with Crippen LogP contribution in [0.15, 0.2) is 48.5 Å². The van der Waals surface area contributed by atoms with Crippen molar-refractivity contribution in [1.29, 1.82) is 0 Å². The Morgan fingerprint density at radius 2 is 1.73 bits per heavy atom. The lowest BCUT2D eigenvalue weighted by Gasteiger charge is -2.13. The van der Waals surface area contributed by atoms with Gasteiger partial charge in [-0.05, 0) is 28.8 Å². The Morgan fingerprint density at radius 3 is 2.36 bits per heavy atom. The maximum atomic E-state index is 12.0. The van der Waals surface area contributed by atoms with Gasteiger partial charge in [-0.1, -0.05) is 63.9 Å². The minimum atomic E-state index is -0.274. The molecular formula is C17H15BrClNO2. The van der Waals surface area contributed by atoms with Crippen molar-refractivity contribution in [2.75, 3.05) is 6.54 Å². The molecule has 1 heterocycles. The Kier molecular flexibility index (Phi) is 4.69. The highest BCUT2D eigenvalue weighted by Crippen LogP contribution is 2.28. The predicted octanol–water partition coefficient (Wildman–Crippen LogP) is 4.93. The highest BCUT2D eigenvalue weighted by atomic mass is 79.9. The number of carbonyl (C=O) groups is 1. The molecule has 1 aliphatic heterocycles. The van der Waals surface area contributed by atoms with Crippen LogP contribution in [0.5, 0.6) is 0 Å². The molecule has 1 amide bonds. The van der Waals surface area contributed by atoms with Gasteiger partial charge in [-0.25, -0.2) is 4.79 Å². The highest BCUT2D eigenvalue weighted by molar-refractivity contribution is 9.08. The van der Waals surface area contributed by atoms with E-state index in [1.807, 2.05) is 36.4 Å². The number of hydrogen-bond donors (Lipinski definition) is 0. The number of cyclic esters (lactones) is 1. The predicted molar refractivity (Wildman–Crippen MR) is 90.2 cm³/mol. The first-order valence-corrected chi connectivity index (χ1v) is 8.50. The number of alkyl halides is 1. The van der Waals surface area contributed by atoms with Crippen LogP contribution in [0.2, 0.25) is 5.02 Å². The van der Waals surface area contributed by atoms with Gasteiger partial charge >= 0.3 is 6.09 Å². The van der Waals surface area contributed by atoms with Crippen molar-refractivity contribution < 1.29 is 9.53 Å².